The number of halogens is 2. The molecule has 1 fully saturated rings. The van der Waals surface area contributed by atoms with E-state index in [0.717, 1.165) is 6.54 Å². The van der Waals surface area contributed by atoms with Crippen molar-refractivity contribution in [2.75, 3.05) is 13.6 Å². The van der Waals surface area contributed by atoms with Gasteiger partial charge in [-0.15, -0.1) is 0 Å². The van der Waals surface area contributed by atoms with E-state index in [-0.39, 0.29) is 11.1 Å². The molecule has 1 heterocycles. The number of amides is 1. The van der Waals surface area contributed by atoms with Crippen LogP contribution in [0.3, 0.4) is 0 Å². The second kappa shape index (κ2) is 4.60. The van der Waals surface area contributed by atoms with E-state index in [1.165, 1.54) is 25.1 Å². The number of aromatic nitrogens is 1. The van der Waals surface area contributed by atoms with Crippen LogP contribution in [0.1, 0.15) is 23.2 Å². The van der Waals surface area contributed by atoms with E-state index in [1.807, 2.05) is 0 Å². The summed E-state index contributed by atoms with van der Waals surface area (Å²) in [5.74, 6) is 0.561. The summed E-state index contributed by atoms with van der Waals surface area (Å²) >= 11 is 11.7. The zero-order chi connectivity index (χ0) is 11.7. The first kappa shape index (κ1) is 11.7. The van der Waals surface area contributed by atoms with Gasteiger partial charge in [0.1, 0.15) is 5.15 Å². The Morgan fingerprint density at radius 2 is 2.25 bits per heavy atom. The summed E-state index contributed by atoms with van der Waals surface area (Å²) in [5.41, 5.74) is 0.421. The minimum atomic E-state index is -0.0961. The zero-order valence-corrected chi connectivity index (χ0v) is 10.4. The Morgan fingerprint density at radius 3 is 2.88 bits per heavy atom. The molecule has 5 heteroatoms. The van der Waals surface area contributed by atoms with E-state index >= 15 is 0 Å². The molecule has 1 amide bonds. The van der Waals surface area contributed by atoms with E-state index in [1.54, 1.807) is 11.9 Å². The van der Waals surface area contributed by atoms with Crippen LogP contribution >= 0.6 is 23.2 Å². The molecular weight excluding hydrogens is 247 g/mol. The Balaban J connectivity index is 2.14. The molecule has 0 aliphatic heterocycles. The van der Waals surface area contributed by atoms with Crippen molar-refractivity contribution in [1.29, 1.82) is 0 Å². The summed E-state index contributed by atoms with van der Waals surface area (Å²) in [7, 11) is 1.78. The maximum Gasteiger partial charge on any atom is 0.255 e. The van der Waals surface area contributed by atoms with Gasteiger partial charge in [-0.25, -0.2) is 4.98 Å². The van der Waals surface area contributed by atoms with Gasteiger partial charge in [0, 0.05) is 19.8 Å². The lowest BCUT2D eigenvalue weighted by Crippen LogP contribution is -2.29. The Labute approximate surface area is 104 Å². The van der Waals surface area contributed by atoms with Crippen molar-refractivity contribution in [2.24, 2.45) is 5.92 Å². The molecule has 3 nitrogen and oxygen atoms in total. The van der Waals surface area contributed by atoms with Crippen LogP contribution in [0.25, 0.3) is 0 Å². The van der Waals surface area contributed by atoms with Crippen LogP contribution in [0.2, 0.25) is 10.2 Å². The highest BCUT2D eigenvalue weighted by Gasteiger charge is 2.26. The van der Waals surface area contributed by atoms with E-state index in [0.29, 0.717) is 16.5 Å². The second-order valence-corrected chi connectivity index (χ2v) is 4.91. The summed E-state index contributed by atoms with van der Waals surface area (Å²) in [4.78, 5) is 17.5. The molecule has 1 aliphatic rings. The van der Waals surface area contributed by atoms with Crippen LogP contribution in [0.5, 0.6) is 0 Å². The monoisotopic (exact) mass is 258 g/mol. The molecule has 1 aliphatic carbocycles. The molecule has 0 aromatic carbocycles. The maximum absolute atomic E-state index is 12.0. The molecule has 86 valence electrons. The molecule has 2 rings (SSSR count). The van der Waals surface area contributed by atoms with Crippen LogP contribution in [0.4, 0.5) is 0 Å². The first-order valence-corrected chi connectivity index (χ1v) is 5.90. The van der Waals surface area contributed by atoms with Gasteiger partial charge < -0.3 is 4.90 Å². The van der Waals surface area contributed by atoms with Crippen molar-refractivity contribution in [1.82, 2.24) is 9.88 Å². The van der Waals surface area contributed by atoms with E-state index in [9.17, 15) is 4.79 Å². The van der Waals surface area contributed by atoms with Crippen molar-refractivity contribution in [3.8, 4) is 0 Å². The summed E-state index contributed by atoms with van der Waals surface area (Å²) in [6.07, 6.45) is 3.83. The first-order valence-electron chi connectivity index (χ1n) is 5.14. The predicted molar refractivity (Wildman–Crippen MR) is 63.9 cm³/mol. The molecule has 1 aromatic heterocycles. The minimum absolute atomic E-state index is 0.0961. The third-order valence-corrected chi connectivity index (χ3v) is 3.14. The lowest BCUT2D eigenvalue weighted by molar-refractivity contribution is 0.0789. The van der Waals surface area contributed by atoms with Gasteiger partial charge in [-0.05, 0) is 24.8 Å². The number of rotatable bonds is 3. The number of hydrogen-bond acceptors (Lipinski definition) is 2. The highest BCUT2D eigenvalue weighted by Crippen LogP contribution is 2.30. The quantitative estimate of drug-likeness (QED) is 0.782. The smallest absolute Gasteiger partial charge is 0.255 e. The van der Waals surface area contributed by atoms with Gasteiger partial charge in [0.2, 0.25) is 0 Å². The molecule has 1 aromatic rings. The first-order chi connectivity index (χ1) is 7.58. The highest BCUT2D eigenvalue weighted by atomic mass is 35.5. The van der Waals surface area contributed by atoms with Gasteiger partial charge in [-0.2, -0.15) is 0 Å². The average molecular weight is 259 g/mol. The summed E-state index contributed by atoms with van der Waals surface area (Å²) in [6, 6.07) is 1.51. The number of pyridine rings is 1. The lowest BCUT2D eigenvalue weighted by Gasteiger charge is -2.17. The topological polar surface area (TPSA) is 33.2 Å². The van der Waals surface area contributed by atoms with Crippen molar-refractivity contribution in [3.63, 3.8) is 0 Å². The van der Waals surface area contributed by atoms with Crippen molar-refractivity contribution >= 4 is 29.1 Å². The molecular formula is C11H12Cl2N2O. The minimum Gasteiger partial charge on any atom is -0.341 e. The normalized spacial score (nSPS) is 14.9. The number of carbonyl (C=O) groups is 1. The van der Waals surface area contributed by atoms with Gasteiger partial charge in [-0.1, -0.05) is 23.2 Å². The molecule has 1 saturated carbocycles. The summed E-state index contributed by atoms with van der Waals surface area (Å²) in [6.45, 7) is 0.787. The van der Waals surface area contributed by atoms with Crippen LogP contribution in [-0.4, -0.2) is 29.4 Å². The Bertz CT molecular complexity index is 418. The van der Waals surface area contributed by atoms with Crippen LogP contribution < -0.4 is 0 Å². The van der Waals surface area contributed by atoms with Crippen LogP contribution in [-0.2, 0) is 0 Å². The second-order valence-electron chi connectivity index (χ2n) is 4.12. The van der Waals surface area contributed by atoms with Gasteiger partial charge in [-0.3, -0.25) is 4.79 Å². The molecule has 0 bridgehead atoms. The third-order valence-electron chi connectivity index (χ3n) is 2.63. The fourth-order valence-electron chi connectivity index (χ4n) is 1.55. The number of nitrogens with zero attached hydrogens (tertiary/aromatic N) is 2. The van der Waals surface area contributed by atoms with Crippen LogP contribution in [0.15, 0.2) is 12.3 Å². The molecule has 16 heavy (non-hydrogen) atoms. The molecule has 0 spiro atoms. The Morgan fingerprint density at radius 1 is 1.56 bits per heavy atom. The predicted octanol–water partition coefficient (Wildman–Crippen LogP) is 2.87. The summed E-state index contributed by atoms with van der Waals surface area (Å²) < 4.78 is 0. The molecule has 0 radical (unpaired) electrons. The van der Waals surface area contributed by atoms with Gasteiger partial charge in [0.05, 0.1) is 10.6 Å². The average Bonchev–Trinajstić information content (AvgIpc) is 3.04. The largest absolute Gasteiger partial charge is 0.341 e. The zero-order valence-electron chi connectivity index (χ0n) is 8.91. The lowest BCUT2D eigenvalue weighted by atomic mass is 10.2. The Hall–Kier alpha value is -0.800. The number of carbonyl (C=O) groups excluding carboxylic acids is 1. The number of hydrogen-bond donors (Lipinski definition) is 0. The van der Waals surface area contributed by atoms with Gasteiger partial charge in [0.15, 0.2) is 0 Å². The Kier molecular flexibility index (Phi) is 3.36. The molecule has 0 unspecified atom stereocenters. The highest BCUT2D eigenvalue weighted by molar-refractivity contribution is 6.35. The molecule has 0 N–H and O–H groups in total. The van der Waals surface area contributed by atoms with Crippen LogP contribution in [0, 0.1) is 5.92 Å². The fourth-order valence-corrected chi connectivity index (χ4v) is 1.90. The van der Waals surface area contributed by atoms with Gasteiger partial charge >= 0.3 is 0 Å². The van der Waals surface area contributed by atoms with E-state index < -0.39 is 0 Å². The maximum atomic E-state index is 12.0. The van der Waals surface area contributed by atoms with Crippen molar-refractivity contribution in [2.45, 2.75) is 12.8 Å². The van der Waals surface area contributed by atoms with Gasteiger partial charge in [0.25, 0.3) is 5.91 Å². The standard InChI is InChI=1S/C11H12Cl2N2O/c1-15(6-7-2-3-7)11(16)8-4-10(13)14-5-9(8)12/h4-5,7H,2-3,6H2,1H3. The fraction of sp³-hybridized carbons (Fsp3) is 0.455. The molecule has 0 atom stereocenters. The van der Waals surface area contributed by atoms with E-state index in [4.69, 9.17) is 23.2 Å². The summed E-state index contributed by atoms with van der Waals surface area (Å²) in [5, 5.41) is 0.629. The van der Waals surface area contributed by atoms with Crippen molar-refractivity contribution in [3.05, 3.63) is 28.0 Å². The van der Waals surface area contributed by atoms with Crippen molar-refractivity contribution < 1.29 is 4.79 Å². The molecule has 0 saturated heterocycles. The third kappa shape index (κ3) is 2.66. The SMILES string of the molecule is CN(CC1CC1)C(=O)c1cc(Cl)ncc1Cl. The van der Waals surface area contributed by atoms with E-state index in [2.05, 4.69) is 4.98 Å².